The molecule has 1 fully saturated rings. The maximum atomic E-state index is 3.64. The lowest BCUT2D eigenvalue weighted by Gasteiger charge is -2.14. The van der Waals surface area contributed by atoms with Crippen molar-refractivity contribution >= 4 is 17.4 Å². The predicted octanol–water partition coefficient (Wildman–Crippen LogP) is 3.78. The summed E-state index contributed by atoms with van der Waals surface area (Å²) in [5.74, 6) is 1.22. The molecule has 0 spiro atoms. The molecule has 0 radical (unpaired) electrons. The van der Waals surface area contributed by atoms with E-state index in [1.54, 1.807) is 0 Å². The Labute approximate surface area is 112 Å². The van der Waals surface area contributed by atoms with Crippen LogP contribution in [0.3, 0.4) is 0 Å². The van der Waals surface area contributed by atoms with Gasteiger partial charge in [-0.3, -0.25) is 0 Å². The fourth-order valence-electron chi connectivity index (χ4n) is 2.42. The molecule has 1 aromatic heterocycles. The fraction of sp³-hybridized carbons (Fsp3) is 0.333. The zero-order valence-corrected chi connectivity index (χ0v) is 11.4. The van der Waals surface area contributed by atoms with Crippen LogP contribution in [-0.2, 0) is 0 Å². The summed E-state index contributed by atoms with van der Waals surface area (Å²) in [5.41, 5.74) is 2.43. The number of benzene rings is 1. The average molecular weight is 258 g/mol. The van der Waals surface area contributed by atoms with Crippen molar-refractivity contribution in [3.05, 3.63) is 48.8 Å². The average Bonchev–Trinajstić information content (AvgIpc) is 3.01. The first-order valence-corrected chi connectivity index (χ1v) is 7.48. The molecule has 18 heavy (non-hydrogen) atoms. The summed E-state index contributed by atoms with van der Waals surface area (Å²) in [4.78, 5) is 0. The largest absolute Gasteiger partial charge is 0.381 e. The van der Waals surface area contributed by atoms with Crippen LogP contribution in [0.4, 0.5) is 5.69 Å². The van der Waals surface area contributed by atoms with Gasteiger partial charge in [0.25, 0.3) is 0 Å². The normalized spacial score (nSPS) is 23.2. The maximum Gasteiger partial charge on any atom is 0.0469 e. The van der Waals surface area contributed by atoms with E-state index in [-0.39, 0.29) is 0 Å². The molecule has 1 saturated heterocycles. The van der Waals surface area contributed by atoms with Crippen molar-refractivity contribution in [2.24, 2.45) is 0 Å². The van der Waals surface area contributed by atoms with E-state index in [4.69, 9.17) is 0 Å². The molecule has 0 aliphatic carbocycles. The van der Waals surface area contributed by atoms with Crippen LogP contribution < -0.4 is 5.32 Å². The van der Waals surface area contributed by atoms with E-state index < -0.39 is 0 Å². The zero-order valence-electron chi connectivity index (χ0n) is 10.5. The van der Waals surface area contributed by atoms with Gasteiger partial charge in [0.2, 0.25) is 0 Å². The highest BCUT2D eigenvalue weighted by Crippen LogP contribution is 2.28. The molecule has 94 valence electrons. The summed E-state index contributed by atoms with van der Waals surface area (Å²) >= 11 is 2.06. The van der Waals surface area contributed by atoms with E-state index in [0.29, 0.717) is 6.04 Å². The molecule has 2 nitrogen and oxygen atoms in total. The molecule has 1 aliphatic heterocycles. The number of hydrogen-bond donors (Lipinski definition) is 1. The Kier molecular flexibility index (Phi) is 3.33. The fourth-order valence-corrected chi connectivity index (χ4v) is 3.57. The first-order valence-electron chi connectivity index (χ1n) is 6.43. The Bertz CT molecular complexity index is 507. The van der Waals surface area contributed by atoms with Gasteiger partial charge in [0, 0.05) is 40.8 Å². The van der Waals surface area contributed by atoms with Crippen LogP contribution in [0.5, 0.6) is 0 Å². The summed E-state index contributed by atoms with van der Waals surface area (Å²) in [6.45, 7) is 2.31. The Hall–Kier alpha value is -1.35. The molecular weight excluding hydrogens is 240 g/mol. The number of anilines is 1. The number of hydrogen-bond acceptors (Lipinski definition) is 2. The van der Waals surface area contributed by atoms with Crippen LogP contribution in [0.2, 0.25) is 0 Å². The lowest BCUT2D eigenvalue weighted by molar-refractivity contribution is 0.747. The van der Waals surface area contributed by atoms with E-state index in [1.165, 1.54) is 23.5 Å². The second-order valence-electron chi connectivity index (χ2n) is 4.86. The van der Waals surface area contributed by atoms with Crippen molar-refractivity contribution in [2.45, 2.75) is 24.6 Å². The lowest BCUT2D eigenvalue weighted by Crippen LogP contribution is -2.18. The number of thioether (sulfide) groups is 1. The summed E-state index contributed by atoms with van der Waals surface area (Å²) in [6, 6.07) is 13.3. The van der Waals surface area contributed by atoms with Gasteiger partial charge in [-0.2, -0.15) is 11.8 Å². The standard InChI is InChI=1S/C15H18N2S/c1-12-9-14(11-18-12)16-13-5-4-6-15(10-13)17-7-2-3-8-17/h2-8,10,12,14,16H,9,11H2,1H3. The highest BCUT2D eigenvalue weighted by atomic mass is 32.2. The minimum atomic E-state index is 0.616. The van der Waals surface area contributed by atoms with Crippen molar-refractivity contribution < 1.29 is 0 Å². The molecule has 1 aromatic carbocycles. The van der Waals surface area contributed by atoms with Crippen LogP contribution in [0.25, 0.3) is 5.69 Å². The van der Waals surface area contributed by atoms with Gasteiger partial charge in [-0.05, 0) is 36.8 Å². The Morgan fingerprint density at radius 1 is 1.22 bits per heavy atom. The van der Waals surface area contributed by atoms with Crippen LogP contribution in [0.15, 0.2) is 48.8 Å². The van der Waals surface area contributed by atoms with Crippen LogP contribution >= 0.6 is 11.8 Å². The van der Waals surface area contributed by atoms with Crippen molar-refractivity contribution in [3.8, 4) is 5.69 Å². The molecule has 2 heterocycles. The van der Waals surface area contributed by atoms with E-state index in [2.05, 4.69) is 77.4 Å². The highest BCUT2D eigenvalue weighted by Gasteiger charge is 2.21. The van der Waals surface area contributed by atoms with Crippen molar-refractivity contribution in [2.75, 3.05) is 11.1 Å². The van der Waals surface area contributed by atoms with Gasteiger partial charge in [-0.1, -0.05) is 13.0 Å². The first-order chi connectivity index (χ1) is 8.81. The first kappa shape index (κ1) is 11.7. The van der Waals surface area contributed by atoms with Gasteiger partial charge in [0.05, 0.1) is 0 Å². The monoisotopic (exact) mass is 258 g/mol. The summed E-state index contributed by atoms with van der Waals surface area (Å²) in [6.07, 6.45) is 5.41. The van der Waals surface area contributed by atoms with Crippen LogP contribution in [-0.4, -0.2) is 21.6 Å². The maximum absolute atomic E-state index is 3.64. The summed E-state index contributed by atoms with van der Waals surface area (Å²) in [5, 5.41) is 4.43. The number of aromatic nitrogens is 1. The molecule has 1 N–H and O–H groups in total. The highest BCUT2D eigenvalue weighted by molar-refractivity contribution is 8.00. The molecule has 0 saturated carbocycles. The van der Waals surface area contributed by atoms with Crippen LogP contribution in [0.1, 0.15) is 13.3 Å². The Balaban J connectivity index is 1.75. The molecule has 0 amide bonds. The molecule has 2 atom stereocenters. The van der Waals surface area contributed by atoms with E-state index in [1.807, 2.05) is 0 Å². The molecule has 0 bridgehead atoms. The van der Waals surface area contributed by atoms with Crippen molar-refractivity contribution in [1.82, 2.24) is 4.57 Å². The van der Waals surface area contributed by atoms with E-state index >= 15 is 0 Å². The Morgan fingerprint density at radius 2 is 2.06 bits per heavy atom. The van der Waals surface area contributed by atoms with Gasteiger partial charge in [0.1, 0.15) is 0 Å². The summed E-state index contributed by atoms with van der Waals surface area (Å²) in [7, 11) is 0. The lowest BCUT2D eigenvalue weighted by atomic mass is 10.2. The third-order valence-corrected chi connectivity index (χ3v) is 4.67. The quantitative estimate of drug-likeness (QED) is 0.902. The predicted molar refractivity (Wildman–Crippen MR) is 79.7 cm³/mol. The molecule has 3 rings (SSSR count). The van der Waals surface area contributed by atoms with Gasteiger partial charge < -0.3 is 9.88 Å². The SMILES string of the molecule is CC1CC(Nc2cccc(-n3cccc3)c2)CS1. The Morgan fingerprint density at radius 3 is 2.78 bits per heavy atom. The number of rotatable bonds is 3. The molecular formula is C15H18N2S. The minimum absolute atomic E-state index is 0.616. The van der Waals surface area contributed by atoms with Gasteiger partial charge in [-0.15, -0.1) is 0 Å². The van der Waals surface area contributed by atoms with Crippen molar-refractivity contribution in [3.63, 3.8) is 0 Å². The second-order valence-corrected chi connectivity index (χ2v) is 6.33. The molecule has 3 heteroatoms. The number of nitrogens with zero attached hydrogens (tertiary/aromatic N) is 1. The third kappa shape index (κ3) is 2.56. The van der Waals surface area contributed by atoms with Gasteiger partial charge in [-0.25, -0.2) is 0 Å². The number of nitrogens with one attached hydrogen (secondary N) is 1. The second kappa shape index (κ2) is 5.11. The molecule has 2 aromatic rings. The topological polar surface area (TPSA) is 17.0 Å². The van der Waals surface area contributed by atoms with E-state index in [9.17, 15) is 0 Å². The smallest absolute Gasteiger partial charge is 0.0469 e. The van der Waals surface area contributed by atoms with Gasteiger partial charge >= 0.3 is 0 Å². The molecule has 1 aliphatic rings. The zero-order chi connectivity index (χ0) is 12.4. The molecule has 2 unspecified atom stereocenters. The van der Waals surface area contributed by atoms with Crippen LogP contribution in [0, 0.1) is 0 Å². The summed E-state index contributed by atoms with van der Waals surface area (Å²) < 4.78 is 2.14. The van der Waals surface area contributed by atoms with Crippen molar-refractivity contribution in [1.29, 1.82) is 0 Å². The van der Waals surface area contributed by atoms with E-state index in [0.717, 1.165) is 5.25 Å². The minimum Gasteiger partial charge on any atom is -0.381 e. The van der Waals surface area contributed by atoms with Gasteiger partial charge in [0.15, 0.2) is 0 Å². The third-order valence-electron chi connectivity index (χ3n) is 3.32.